The quantitative estimate of drug-likeness (QED) is 0.0961. The molecule has 0 saturated heterocycles. The number of methoxy groups -OCH3 is 1. The molecule has 7 nitrogen and oxygen atoms in total. The van der Waals surface area contributed by atoms with E-state index in [1.54, 1.807) is 12.1 Å². The summed E-state index contributed by atoms with van der Waals surface area (Å²) in [5.74, 6) is 1.68. The molecule has 69 heavy (non-hydrogen) atoms. The van der Waals surface area contributed by atoms with Gasteiger partial charge in [-0.1, -0.05) is 109 Å². The van der Waals surface area contributed by atoms with E-state index in [4.69, 9.17) is 14.2 Å². The van der Waals surface area contributed by atoms with Crippen molar-refractivity contribution in [1.82, 2.24) is 0 Å². The summed E-state index contributed by atoms with van der Waals surface area (Å²) in [4.78, 5) is 23.5. The zero-order valence-electron chi connectivity index (χ0n) is 40.2. The zero-order valence-corrected chi connectivity index (χ0v) is 40.2. The Labute approximate surface area is 417 Å². The number of carboxylic acids is 1. The van der Waals surface area contributed by atoms with Gasteiger partial charge in [-0.15, -0.1) is 0 Å². The van der Waals surface area contributed by atoms with E-state index in [0.29, 0.717) is 29.4 Å². The van der Waals surface area contributed by atoms with Gasteiger partial charge in [0.25, 0.3) is 0 Å². The number of ether oxygens (including phenoxy) is 3. The molecule has 6 aromatic carbocycles. The summed E-state index contributed by atoms with van der Waals surface area (Å²) in [6.07, 6.45) is 11.1. The minimum Gasteiger partial charge on any atom is -0.870 e. The maximum atomic E-state index is 14.3. The predicted octanol–water partition coefficient (Wildman–Crippen LogP) is 11.4. The van der Waals surface area contributed by atoms with Crippen molar-refractivity contribution in [2.45, 2.75) is 115 Å². The topological polar surface area (TPSA) is 112 Å². The van der Waals surface area contributed by atoms with Crippen LogP contribution in [0.15, 0.2) is 121 Å². The molecule has 4 aliphatic rings. The van der Waals surface area contributed by atoms with Crippen LogP contribution in [0.5, 0.6) is 11.5 Å². The van der Waals surface area contributed by atoms with Crippen molar-refractivity contribution in [1.29, 1.82) is 0 Å². The van der Waals surface area contributed by atoms with E-state index in [1.807, 2.05) is 74.5 Å². The Balaban J connectivity index is 0.000000198. The van der Waals surface area contributed by atoms with Crippen molar-refractivity contribution in [3.05, 3.63) is 177 Å². The second-order valence-electron chi connectivity index (χ2n) is 19.2. The number of carbonyl (C=O) groups is 2. The molecule has 10 heteroatoms. The summed E-state index contributed by atoms with van der Waals surface area (Å²) in [6, 6.07) is 39.1. The van der Waals surface area contributed by atoms with Gasteiger partial charge in [-0.3, -0.25) is 9.59 Å². The fraction of sp³-hybridized carbons (Fsp3) is 0.356. The van der Waals surface area contributed by atoms with Crippen LogP contribution in [-0.4, -0.2) is 29.6 Å². The van der Waals surface area contributed by atoms with Gasteiger partial charge in [0.1, 0.15) is 35.3 Å². The largest absolute Gasteiger partial charge is 1.00 e. The molecule has 2 saturated carbocycles. The fourth-order valence-corrected chi connectivity index (χ4v) is 10.4. The number of esters is 1. The van der Waals surface area contributed by atoms with E-state index in [0.717, 1.165) is 102 Å². The van der Waals surface area contributed by atoms with E-state index in [1.165, 1.54) is 48.8 Å². The third-order valence-corrected chi connectivity index (χ3v) is 14.8. The van der Waals surface area contributed by atoms with Gasteiger partial charge >= 0.3 is 30.8 Å². The van der Waals surface area contributed by atoms with Gasteiger partial charge in [-0.25, -0.2) is 8.78 Å². The molecule has 2 fully saturated rings. The number of benzene rings is 6. The van der Waals surface area contributed by atoms with Crippen LogP contribution in [0.25, 0.3) is 22.3 Å². The number of rotatable bonds is 12. The molecule has 10 rings (SSSR count). The van der Waals surface area contributed by atoms with Gasteiger partial charge in [-0.2, -0.15) is 0 Å². The van der Waals surface area contributed by atoms with Gasteiger partial charge < -0.3 is 24.8 Å². The second-order valence-corrected chi connectivity index (χ2v) is 19.2. The maximum absolute atomic E-state index is 14.3. The van der Waals surface area contributed by atoms with Crippen molar-refractivity contribution in [3.8, 4) is 33.8 Å². The normalized spacial score (nSPS) is 18.0. The average molecular weight is 927 g/mol. The summed E-state index contributed by atoms with van der Waals surface area (Å²) in [5.41, 5.74) is 11.8. The van der Waals surface area contributed by atoms with E-state index >= 15 is 0 Å². The summed E-state index contributed by atoms with van der Waals surface area (Å²) in [7, 11) is 1.46. The second kappa shape index (κ2) is 22.8. The minimum absolute atomic E-state index is 0. The molecule has 2 aliphatic heterocycles. The van der Waals surface area contributed by atoms with Crippen LogP contribution in [0.2, 0.25) is 0 Å². The molecule has 0 amide bonds. The number of fused-ring (bicyclic) bond motifs is 2. The zero-order chi connectivity index (χ0) is 46.6. The van der Waals surface area contributed by atoms with Gasteiger partial charge in [0, 0.05) is 11.1 Å². The summed E-state index contributed by atoms with van der Waals surface area (Å²) < 4.78 is 46.4. The van der Waals surface area contributed by atoms with Gasteiger partial charge in [-0.05, 0) is 170 Å². The number of aryl methyl sites for hydroxylation is 4. The van der Waals surface area contributed by atoms with Gasteiger partial charge in [0.05, 0.1) is 20.0 Å². The predicted molar refractivity (Wildman–Crippen MR) is 260 cm³/mol. The van der Waals surface area contributed by atoms with Crippen molar-refractivity contribution < 1.29 is 62.0 Å². The van der Waals surface area contributed by atoms with Crippen molar-refractivity contribution in [3.63, 3.8) is 0 Å². The SMILES string of the molecule is COC(=O)C[C@@H](c1ccc2c(c1)OC(c1ccc(-c3cc(C)ccc3F)cc1)CC2)C1CCC1.Cc1ccc(F)c(-c2ccc(C3CCc4ccc([C@H](CC(=O)O)C5CCC5)cc4O3)cc2)c1.[Li+].[OH-]. The average Bonchev–Trinajstić information content (AvgIpc) is 3.31. The molecule has 0 aromatic heterocycles. The molecule has 2 unspecified atom stereocenters. The molecule has 2 aliphatic carbocycles. The van der Waals surface area contributed by atoms with Crippen molar-refractivity contribution in [2.75, 3.05) is 7.11 Å². The fourth-order valence-electron chi connectivity index (χ4n) is 10.4. The number of hydrogen-bond acceptors (Lipinski definition) is 6. The molecular formula is C59H61F2LiO7. The van der Waals surface area contributed by atoms with Crippen LogP contribution in [-0.2, 0) is 27.2 Å². The molecule has 354 valence electrons. The van der Waals surface area contributed by atoms with Crippen LogP contribution in [0, 0.1) is 37.3 Å². The van der Waals surface area contributed by atoms with Crippen LogP contribution < -0.4 is 28.3 Å². The Morgan fingerprint density at radius 1 is 0.594 bits per heavy atom. The first-order chi connectivity index (χ1) is 32.5. The molecule has 2 heterocycles. The third kappa shape index (κ3) is 11.8. The molecule has 0 spiro atoms. The number of carboxylic acid groups (broad SMARTS) is 1. The molecule has 2 N–H and O–H groups in total. The Morgan fingerprint density at radius 3 is 1.39 bits per heavy atom. The number of halogens is 2. The summed E-state index contributed by atoms with van der Waals surface area (Å²) >= 11 is 0. The molecule has 0 radical (unpaired) electrons. The first-order valence-electron chi connectivity index (χ1n) is 24.1. The molecule has 6 aromatic rings. The first-order valence-corrected chi connectivity index (χ1v) is 24.1. The van der Waals surface area contributed by atoms with Crippen molar-refractivity contribution in [2.24, 2.45) is 11.8 Å². The number of carbonyl (C=O) groups excluding carboxylic acids is 1. The molecule has 0 bridgehead atoms. The van der Waals surface area contributed by atoms with E-state index in [2.05, 4.69) is 36.4 Å². The van der Waals surface area contributed by atoms with E-state index in [9.17, 15) is 23.5 Å². The van der Waals surface area contributed by atoms with Crippen LogP contribution in [0.4, 0.5) is 8.78 Å². The first kappa shape index (κ1) is 51.1. The summed E-state index contributed by atoms with van der Waals surface area (Å²) in [6.45, 7) is 3.93. The Hall–Kier alpha value is -5.72. The standard InChI is InChI=1S/C30H31FO3.C29H29FO3.Li.H2O/c1-19-6-14-27(31)26(16-19)21-7-9-22(10-8-21)28-15-13-23-11-12-24(17-29(23)34-28)25(18-30(32)33-2)20-4-3-5-20;1-18-5-13-26(30)25(15-18)20-6-8-21(9-7-20)27-14-12-22-10-11-23(16-28(22)33-27)24(17-29(31)32)19-3-2-4-19;;/h6-12,14,16-17,20,25,28H,3-5,13,15,18H2,1-2H3;5-11,13,15-16,19,24,27H,2-4,12,14,17H2,1H3,(H,31,32);;1H2/q;;+1;/p-1/t25-,28?;24-,27?;;/m11../s1. The molecular weight excluding hydrogens is 866 g/mol. The van der Waals surface area contributed by atoms with Crippen molar-refractivity contribution >= 4 is 11.9 Å². The van der Waals surface area contributed by atoms with Crippen LogP contribution >= 0.6 is 0 Å². The smallest absolute Gasteiger partial charge is 0.870 e. The van der Waals surface area contributed by atoms with E-state index < -0.39 is 5.97 Å². The minimum atomic E-state index is -0.742. The number of hydrogen-bond donors (Lipinski definition) is 1. The number of aliphatic carboxylic acids is 1. The third-order valence-electron chi connectivity index (χ3n) is 14.8. The van der Waals surface area contributed by atoms with Gasteiger partial charge in [0.15, 0.2) is 0 Å². The van der Waals surface area contributed by atoms with E-state index in [-0.39, 0.29) is 72.4 Å². The van der Waals surface area contributed by atoms with Gasteiger partial charge in [0.2, 0.25) is 0 Å². The Kier molecular flexibility index (Phi) is 16.9. The molecule has 4 atom stereocenters. The summed E-state index contributed by atoms with van der Waals surface area (Å²) in [5, 5.41) is 9.43. The Bertz CT molecular complexity index is 2730. The maximum Gasteiger partial charge on any atom is 1.00 e. The van der Waals surface area contributed by atoms with Crippen LogP contribution in [0.3, 0.4) is 0 Å². The van der Waals surface area contributed by atoms with Crippen LogP contribution in [0.1, 0.15) is 133 Å². The monoisotopic (exact) mass is 926 g/mol. The Morgan fingerprint density at radius 2 is 1.01 bits per heavy atom.